The SMILES string of the molecule is COc1ccc2[nH]c3c4cc(C)ccc4nc(-c4ccc(N(C)C)cc4)c3c2c1. The average molecular weight is 381 g/mol. The summed E-state index contributed by atoms with van der Waals surface area (Å²) in [7, 11) is 5.80. The number of nitrogens with zero attached hydrogens (tertiary/aromatic N) is 2. The predicted octanol–water partition coefficient (Wildman–Crippen LogP) is 5.92. The number of benzene rings is 3. The molecule has 4 nitrogen and oxygen atoms in total. The van der Waals surface area contributed by atoms with Crippen molar-refractivity contribution < 1.29 is 4.74 Å². The second-order valence-corrected chi connectivity index (χ2v) is 7.71. The lowest BCUT2D eigenvalue weighted by atomic mass is 10.0. The van der Waals surface area contributed by atoms with E-state index in [1.807, 2.05) is 6.07 Å². The molecule has 0 aliphatic rings. The molecule has 0 spiro atoms. The lowest BCUT2D eigenvalue weighted by Crippen LogP contribution is -2.07. The first-order chi connectivity index (χ1) is 14.0. The number of pyridine rings is 1. The number of hydrogen-bond acceptors (Lipinski definition) is 3. The molecular formula is C25H23N3O. The van der Waals surface area contributed by atoms with Crippen molar-refractivity contribution in [3.8, 4) is 17.0 Å². The highest BCUT2D eigenvalue weighted by Gasteiger charge is 2.16. The maximum atomic E-state index is 5.50. The zero-order valence-electron chi connectivity index (χ0n) is 17.1. The Hall–Kier alpha value is -3.53. The van der Waals surface area contributed by atoms with Gasteiger partial charge in [0.1, 0.15) is 5.75 Å². The molecule has 0 fully saturated rings. The Morgan fingerprint density at radius 1 is 0.897 bits per heavy atom. The Labute approximate surface area is 169 Å². The summed E-state index contributed by atoms with van der Waals surface area (Å²) in [5, 5.41) is 3.40. The van der Waals surface area contributed by atoms with Gasteiger partial charge in [-0.2, -0.15) is 0 Å². The van der Waals surface area contributed by atoms with Crippen LogP contribution in [-0.2, 0) is 0 Å². The number of aromatic nitrogens is 2. The number of anilines is 1. The minimum Gasteiger partial charge on any atom is -0.497 e. The fourth-order valence-electron chi connectivity index (χ4n) is 4.00. The van der Waals surface area contributed by atoms with E-state index in [9.17, 15) is 0 Å². The zero-order valence-corrected chi connectivity index (χ0v) is 17.1. The predicted molar refractivity (Wildman–Crippen MR) is 122 cm³/mol. The summed E-state index contributed by atoms with van der Waals surface area (Å²) in [6, 6.07) is 21.2. The van der Waals surface area contributed by atoms with Gasteiger partial charge in [-0.1, -0.05) is 23.8 Å². The maximum absolute atomic E-state index is 5.50. The van der Waals surface area contributed by atoms with Crippen molar-refractivity contribution in [2.24, 2.45) is 0 Å². The van der Waals surface area contributed by atoms with Gasteiger partial charge < -0.3 is 14.6 Å². The summed E-state index contributed by atoms with van der Waals surface area (Å²) in [6.45, 7) is 2.12. The van der Waals surface area contributed by atoms with Crippen LogP contribution in [0.4, 0.5) is 5.69 Å². The Balaban J connectivity index is 1.90. The second kappa shape index (κ2) is 6.52. The first kappa shape index (κ1) is 17.6. The van der Waals surface area contributed by atoms with Crippen molar-refractivity contribution in [1.29, 1.82) is 0 Å². The molecule has 0 unspecified atom stereocenters. The molecule has 4 heteroatoms. The molecule has 0 aliphatic heterocycles. The minimum atomic E-state index is 0.844. The molecule has 0 bridgehead atoms. The fourth-order valence-corrected chi connectivity index (χ4v) is 4.00. The topological polar surface area (TPSA) is 41.1 Å². The molecule has 144 valence electrons. The van der Waals surface area contributed by atoms with Crippen LogP contribution in [-0.4, -0.2) is 31.2 Å². The van der Waals surface area contributed by atoms with Crippen LogP contribution >= 0.6 is 0 Å². The van der Waals surface area contributed by atoms with Gasteiger partial charge in [0.15, 0.2) is 0 Å². The Bertz CT molecular complexity index is 1360. The summed E-state index contributed by atoms with van der Waals surface area (Å²) in [4.78, 5) is 10.8. The van der Waals surface area contributed by atoms with Crippen LogP contribution in [0.15, 0.2) is 60.7 Å². The molecule has 0 atom stereocenters. The smallest absolute Gasteiger partial charge is 0.119 e. The third-order valence-corrected chi connectivity index (χ3v) is 5.55. The number of hydrogen-bond donors (Lipinski definition) is 1. The van der Waals surface area contributed by atoms with Gasteiger partial charge in [-0.15, -0.1) is 0 Å². The van der Waals surface area contributed by atoms with E-state index in [0.29, 0.717) is 0 Å². The van der Waals surface area contributed by atoms with Gasteiger partial charge in [0, 0.05) is 47.0 Å². The Morgan fingerprint density at radius 2 is 1.69 bits per heavy atom. The molecule has 2 heterocycles. The van der Waals surface area contributed by atoms with E-state index in [2.05, 4.69) is 85.5 Å². The number of aromatic amines is 1. The van der Waals surface area contributed by atoms with Gasteiger partial charge in [0.2, 0.25) is 0 Å². The first-order valence-corrected chi connectivity index (χ1v) is 9.73. The molecule has 5 rings (SSSR count). The fraction of sp³-hybridized carbons (Fsp3) is 0.160. The number of fused-ring (bicyclic) bond motifs is 5. The molecule has 0 aliphatic carbocycles. The van der Waals surface area contributed by atoms with Crippen molar-refractivity contribution in [3.05, 3.63) is 66.2 Å². The summed E-state index contributed by atoms with van der Waals surface area (Å²) in [5.74, 6) is 0.844. The van der Waals surface area contributed by atoms with Crippen molar-refractivity contribution in [2.45, 2.75) is 6.92 Å². The van der Waals surface area contributed by atoms with E-state index < -0.39 is 0 Å². The van der Waals surface area contributed by atoms with Crippen LogP contribution in [0.3, 0.4) is 0 Å². The molecule has 0 amide bonds. The van der Waals surface area contributed by atoms with Gasteiger partial charge in [-0.25, -0.2) is 4.98 Å². The molecule has 0 radical (unpaired) electrons. The summed E-state index contributed by atoms with van der Waals surface area (Å²) >= 11 is 0. The molecule has 5 aromatic rings. The van der Waals surface area contributed by atoms with Crippen LogP contribution in [0, 0.1) is 6.92 Å². The lowest BCUT2D eigenvalue weighted by molar-refractivity contribution is 0.415. The highest BCUT2D eigenvalue weighted by atomic mass is 16.5. The van der Waals surface area contributed by atoms with Gasteiger partial charge in [-0.05, 0) is 49.4 Å². The Kier molecular flexibility index (Phi) is 3.95. The molecule has 0 saturated heterocycles. The highest BCUT2D eigenvalue weighted by molar-refractivity contribution is 6.21. The zero-order chi connectivity index (χ0) is 20.1. The van der Waals surface area contributed by atoms with Crippen LogP contribution in [0.25, 0.3) is 44.0 Å². The summed E-state index contributed by atoms with van der Waals surface area (Å²) in [5.41, 5.74) is 7.68. The summed E-state index contributed by atoms with van der Waals surface area (Å²) < 4.78 is 5.50. The molecule has 29 heavy (non-hydrogen) atoms. The Morgan fingerprint density at radius 3 is 2.41 bits per heavy atom. The number of nitrogens with one attached hydrogen (secondary N) is 1. The quantitative estimate of drug-likeness (QED) is 0.422. The van der Waals surface area contributed by atoms with Crippen molar-refractivity contribution in [2.75, 3.05) is 26.1 Å². The van der Waals surface area contributed by atoms with E-state index in [0.717, 1.165) is 49.7 Å². The van der Waals surface area contributed by atoms with E-state index in [1.54, 1.807) is 7.11 Å². The monoisotopic (exact) mass is 381 g/mol. The van der Waals surface area contributed by atoms with Crippen LogP contribution in [0.1, 0.15) is 5.56 Å². The molecule has 2 aromatic heterocycles. The van der Waals surface area contributed by atoms with E-state index in [1.165, 1.54) is 11.3 Å². The molecular weight excluding hydrogens is 358 g/mol. The number of aryl methyl sites for hydroxylation is 1. The molecule has 3 aromatic carbocycles. The van der Waals surface area contributed by atoms with E-state index in [-0.39, 0.29) is 0 Å². The summed E-state index contributed by atoms with van der Waals surface area (Å²) in [6.07, 6.45) is 0. The van der Waals surface area contributed by atoms with Gasteiger partial charge in [-0.3, -0.25) is 0 Å². The van der Waals surface area contributed by atoms with Crippen LogP contribution in [0.5, 0.6) is 5.75 Å². The first-order valence-electron chi connectivity index (χ1n) is 9.73. The largest absolute Gasteiger partial charge is 0.497 e. The maximum Gasteiger partial charge on any atom is 0.119 e. The molecule has 1 N–H and O–H groups in total. The van der Waals surface area contributed by atoms with E-state index >= 15 is 0 Å². The minimum absolute atomic E-state index is 0.844. The normalized spacial score (nSPS) is 11.4. The van der Waals surface area contributed by atoms with Crippen molar-refractivity contribution >= 4 is 38.4 Å². The number of methoxy groups -OCH3 is 1. The average Bonchev–Trinajstić information content (AvgIpc) is 3.12. The van der Waals surface area contributed by atoms with Crippen LogP contribution < -0.4 is 9.64 Å². The highest BCUT2D eigenvalue weighted by Crippen LogP contribution is 2.39. The van der Waals surface area contributed by atoms with Crippen LogP contribution in [0.2, 0.25) is 0 Å². The number of ether oxygens (including phenoxy) is 1. The third-order valence-electron chi connectivity index (χ3n) is 5.55. The van der Waals surface area contributed by atoms with Crippen molar-refractivity contribution in [3.63, 3.8) is 0 Å². The van der Waals surface area contributed by atoms with Gasteiger partial charge in [0.05, 0.1) is 23.8 Å². The molecule has 0 saturated carbocycles. The standard InChI is InChI=1S/C25H23N3O/c1-15-5-11-22-20(13-15)25-23(19-14-18(29-4)10-12-21(19)27-25)24(26-22)16-6-8-17(9-7-16)28(2)3/h5-14,27H,1-4H3. The van der Waals surface area contributed by atoms with Gasteiger partial charge in [0.25, 0.3) is 0 Å². The van der Waals surface area contributed by atoms with Gasteiger partial charge >= 0.3 is 0 Å². The lowest BCUT2D eigenvalue weighted by Gasteiger charge is -2.13. The number of H-pyrrole nitrogens is 1. The van der Waals surface area contributed by atoms with Crippen molar-refractivity contribution in [1.82, 2.24) is 9.97 Å². The van der Waals surface area contributed by atoms with E-state index in [4.69, 9.17) is 9.72 Å². The third kappa shape index (κ3) is 2.80. The number of rotatable bonds is 3. The second-order valence-electron chi connectivity index (χ2n) is 7.71.